The van der Waals surface area contributed by atoms with Crippen LogP contribution in [0.5, 0.6) is 5.75 Å². The molecule has 1 rings (SSSR count). The van der Waals surface area contributed by atoms with Crippen molar-refractivity contribution in [2.75, 3.05) is 20.3 Å². The second-order valence-corrected chi connectivity index (χ2v) is 4.69. The lowest BCUT2D eigenvalue weighted by Crippen LogP contribution is -2.51. The lowest BCUT2D eigenvalue weighted by molar-refractivity contribution is -0.0221. The lowest BCUT2D eigenvalue weighted by Gasteiger charge is -2.33. The monoisotopic (exact) mass is 255 g/mol. The van der Waals surface area contributed by atoms with E-state index in [9.17, 15) is 4.39 Å². The van der Waals surface area contributed by atoms with Crippen LogP contribution in [0.2, 0.25) is 0 Å². The number of likely N-dealkylation sites (N-methyl/N-ethyl adjacent to an activating group) is 1. The molecule has 102 valence electrons. The van der Waals surface area contributed by atoms with E-state index in [0.717, 1.165) is 6.54 Å². The van der Waals surface area contributed by atoms with Crippen LogP contribution in [-0.2, 0) is 4.74 Å². The summed E-state index contributed by atoms with van der Waals surface area (Å²) in [6, 6.07) is 6.19. The van der Waals surface area contributed by atoms with Crippen LogP contribution < -0.4 is 10.1 Å². The third kappa shape index (κ3) is 4.27. The van der Waals surface area contributed by atoms with Gasteiger partial charge in [0.25, 0.3) is 0 Å². The molecule has 18 heavy (non-hydrogen) atoms. The zero-order chi connectivity index (χ0) is 13.6. The molecule has 1 atom stereocenters. The van der Waals surface area contributed by atoms with E-state index in [0.29, 0.717) is 12.4 Å². The lowest BCUT2D eigenvalue weighted by atomic mass is 9.99. The van der Waals surface area contributed by atoms with E-state index in [2.05, 4.69) is 5.32 Å². The van der Waals surface area contributed by atoms with E-state index in [1.165, 1.54) is 12.1 Å². The average Bonchev–Trinajstić information content (AvgIpc) is 2.34. The van der Waals surface area contributed by atoms with Crippen LogP contribution in [-0.4, -0.2) is 31.9 Å². The Bertz CT molecular complexity index is 369. The van der Waals surface area contributed by atoms with Gasteiger partial charge in [-0.3, -0.25) is 0 Å². The van der Waals surface area contributed by atoms with Gasteiger partial charge in [-0.05, 0) is 32.5 Å². The molecule has 0 bridgehead atoms. The van der Waals surface area contributed by atoms with Gasteiger partial charge in [-0.25, -0.2) is 4.39 Å². The fourth-order valence-corrected chi connectivity index (χ4v) is 1.63. The largest absolute Gasteiger partial charge is 0.492 e. The molecule has 1 aromatic carbocycles. The summed E-state index contributed by atoms with van der Waals surface area (Å²) in [5, 5.41) is 3.31. The highest BCUT2D eigenvalue weighted by Gasteiger charge is 2.29. The topological polar surface area (TPSA) is 30.5 Å². The van der Waals surface area contributed by atoms with Crippen LogP contribution in [0.4, 0.5) is 4.39 Å². The smallest absolute Gasteiger partial charge is 0.126 e. The summed E-state index contributed by atoms with van der Waals surface area (Å²) in [4.78, 5) is 0. The van der Waals surface area contributed by atoms with Crippen LogP contribution in [0.1, 0.15) is 20.8 Å². The molecule has 0 heterocycles. The van der Waals surface area contributed by atoms with Crippen molar-refractivity contribution in [2.45, 2.75) is 32.4 Å². The molecule has 1 unspecified atom stereocenters. The van der Waals surface area contributed by atoms with Crippen LogP contribution in [0.15, 0.2) is 24.3 Å². The Morgan fingerprint density at radius 2 is 2.11 bits per heavy atom. The van der Waals surface area contributed by atoms with Gasteiger partial charge in [-0.2, -0.15) is 0 Å². The Labute approximate surface area is 108 Å². The molecule has 0 radical (unpaired) electrons. The zero-order valence-corrected chi connectivity index (χ0v) is 11.5. The minimum Gasteiger partial charge on any atom is -0.492 e. The van der Waals surface area contributed by atoms with Crippen molar-refractivity contribution in [2.24, 2.45) is 0 Å². The fourth-order valence-electron chi connectivity index (χ4n) is 1.63. The number of ether oxygens (including phenoxy) is 2. The first kappa shape index (κ1) is 14.9. The van der Waals surface area contributed by atoms with Gasteiger partial charge in [0.2, 0.25) is 0 Å². The minimum atomic E-state index is -0.344. The predicted molar refractivity (Wildman–Crippen MR) is 70.4 cm³/mol. The Morgan fingerprint density at radius 1 is 1.39 bits per heavy atom. The maximum absolute atomic E-state index is 13.0. The SMILES string of the molecule is CCNC(COc1cccc(F)c1)C(C)(C)OC. The Hall–Kier alpha value is -1.13. The van der Waals surface area contributed by atoms with E-state index >= 15 is 0 Å². The van der Waals surface area contributed by atoms with Gasteiger partial charge in [0.1, 0.15) is 18.2 Å². The van der Waals surface area contributed by atoms with Crippen molar-refractivity contribution in [3.63, 3.8) is 0 Å². The third-order valence-electron chi connectivity index (χ3n) is 3.03. The molecule has 0 aliphatic heterocycles. The number of nitrogens with one attached hydrogen (secondary N) is 1. The van der Waals surface area contributed by atoms with Crippen molar-refractivity contribution in [3.8, 4) is 5.75 Å². The highest BCUT2D eigenvalue weighted by Crippen LogP contribution is 2.17. The normalized spacial score (nSPS) is 13.4. The molecule has 0 aromatic heterocycles. The number of benzene rings is 1. The van der Waals surface area contributed by atoms with Crippen molar-refractivity contribution in [3.05, 3.63) is 30.1 Å². The average molecular weight is 255 g/mol. The third-order valence-corrected chi connectivity index (χ3v) is 3.03. The molecule has 1 N–H and O–H groups in total. The molecule has 0 saturated carbocycles. The molecule has 0 saturated heterocycles. The van der Waals surface area contributed by atoms with E-state index < -0.39 is 0 Å². The summed E-state index contributed by atoms with van der Waals surface area (Å²) < 4.78 is 24.1. The van der Waals surface area contributed by atoms with E-state index in [1.807, 2.05) is 20.8 Å². The quantitative estimate of drug-likeness (QED) is 0.812. The molecule has 0 fully saturated rings. The van der Waals surface area contributed by atoms with Gasteiger partial charge in [0.15, 0.2) is 0 Å². The summed E-state index contributed by atoms with van der Waals surface area (Å²) in [6.45, 7) is 7.27. The number of methoxy groups -OCH3 is 1. The van der Waals surface area contributed by atoms with Gasteiger partial charge in [0, 0.05) is 13.2 Å². The first-order valence-electron chi connectivity index (χ1n) is 6.16. The second-order valence-electron chi connectivity index (χ2n) is 4.69. The van der Waals surface area contributed by atoms with Crippen LogP contribution in [0.3, 0.4) is 0 Å². The molecule has 0 aliphatic rings. The van der Waals surface area contributed by atoms with Gasteiger partial charge >= 0.3 is 0 Å². The second kappa shape index (κ2) is 6.71. The molecule has 3 nitrogen and oxygen atoms in total. The molecular weight excluding hydrogens is 233 g/mol. The number of halogens is 1. The first-order chi connectivity index (χ1) is 8.49. The minimum absolute atomic E-state index is 0.0377. The van der Waals surface area contributed by atoms with Crippen molar-refractivity contribution >= 4 is 0 Å². The van der Waals surface area contributed by atoms with Gasteiger partial charge < -0.3 is 14.8 Å². The van der Waals surface area contributed by atoms with E-state index in [4.69, 9.17) is 9.47 Å². The molecule has 0 spiro atoms. The number of hydrogen-bond acceptors (Lipinski definition) is 3. The molecule has 0 amide bonds. The van der Waals surface area contributed by atoms with Gasteiger partial charge in [-0.15, -0.1) is 0 Å². The summed E-state index contributed by atoms with van der Waals surface area (Å²) in [6.07, 6.45) is 0. The zero-order valence-electron chi connectivity index (χ0n) is 11.5. The van der Waals surface area contributed by atoms with Crippen molar-refractivity contribution in [1.82, 2.24) is 5.32 Å². The standard InChI is InChI=1S/C14H22FNO2/c1-5-16-13(14(2,3)17-4)10-18-12-8-6-7-11(15)9-12/h6-9,13,16H,5,10H2,1-4H3. The summed E-state index contributed by atoms with van der Waals surface area (Å²) in [7, 11) is 1.67. The van der Waals surface area contributed by atoms with Crippen LogP contribution in [0.25, 0.3) is 0 Å². The Balaban J connectivity index is 2.62. The highest BCUT2D eigenvalue weighted by atomic mass is 19.1. The van der Waals surface area contributed by atoms with Gasteiger partial charge in [0.05, 0.1) is 11.6 Å². The van der Waals surface area contributed by atoms with E-state index in [1.54, 1.807) is 19.2 Å². The molecule has 1 aromatic rings. The predicted octanol–water partition coefficient (Wildman–Crippen LogP) is 2.61. The molecule has 4 heteroatoms. The van der Waals surface area contributed by atoms with Crippen LogP contribution in [0, 0.1) is 5.82 Å². The summed E-state index contributed by atoms with van der Waals surface area (Å²) in [5.74, 6) is 0.239. The number of rotatable bonds is 7. The van der Waals surface area contributed by atoms with Gasteiger partial charge in [-0.1, -0.05) is 13.0 Å². The van der Waals surface area contributed by atoms with Crippen molar-refractivity contribution < 1.29 is 13.9 Å². The maximum atomic E-state index is 13.0. The molecule has 0 aliphatic carbocycles. The maximum Gasteiger partial charge on any atom is 0.126 e. The fraction of sp³-hybridized carbons (Fsp3) is 0.571. The number of hydrogen-bond donors (Lipinski definition) is 1. The van der Waals surface area contributed by atoms with Crippen molar-refractivity contribution in [1.29, 1.82) is 0 Å². The first-order valence-corrected chi connectivity index (χ1v) is 6.16. The highest BCUT2D eigenvalue weighted by molar-refractivity contribution is 5.22. The Kier molecular flexibility index (Phi) is 5.56. The summed E-state index contributed by atoms with van der Waals surface area (Å²) >= 11 is 0. The molecular formula is C14H22FNO2. The van der Waals surface area contributed by atoms with E-state index in [-0.39, 0.29) is 17.5 Å². The Morgan fingerprint density at radius 3 is 2.67 bits per heavy atom. The summed E-state index contributed by atoms with van der Waals surface area (Å²) in [5.41, 5.74) is -0.344. The van der Waals surface area contributed by atoms with Crippen LogP contribution >= 0.6 is 0 Å².